The Morgan fingerprint density at radius 1 is 1.37 bits per heavy atom. The van der Waals surface area contributed by atoms with E-state index in [1.165, 1.54) is 12.1 Å². The van der Waals surface area contributed by atoms with Gasteiger partial charge >= 0.3 is 6.61 Å². The van der Waals surface area contributed by atoms with Crippen LogP contribution in [0.4, 0.5) is 8.78 Å². The Bertz CT molecular complexity index is 437. The van der Waals surface area contributed by atoms with Crippen LogP contribution < -0.4 is 15.4 Å². The normalized spacial score (nSPS) is 20.4. The summed E-state index contributed by atoms with van der Waals surface area (Å²) in [5, 5.41) is 6.07. The number of hydrogen-bond acceptors (Lipinski definition) is 3. The first-order valence-electron chi connectivity index (χ1n) is 6.12. The maximum Gasteiger partial charge on any atom is 0.387 e. The van der Waals surface area contributed by atoms with Crippen molar-refractivity contribution in [3.05, 3.63) is 29.8 Å². The number of carbonyl (C=O) groups is 1. The zero-order chi connectivity index (χ0) is 13.8. The van der Waals surface area contributed by atoms with Gasteiger partial charge < -0.3 is 15.4 Å². The summed E-state index contributed by atoms with van der Waals surface area (Å²) >= 11 is 0. The molecule has 4 nitrogen and oxygen atoms in total. The second-order valence-electron chi connectivity index (χ2n) is 4.54. The van der Waals surface area contributed by atoms with E-state index >= 15 is 0 Å². The van der Waals surface area contributed by atoms with Crippen molar-refractivity contribution in [1.29, 1.82) is 0 Å². The summed E-state index contributed by atoms with van der Waals surface area (Å²) in [6, 6.07) is 6.65. The topological polar surface area (TPSA) is 50.4 Å². The maximum absolute atomic E-state index is 12.0. The van der Waals surface area contributed by atoms with Gasteiger partial charge in [-0.1, -0.05) is 12.1 Å². The van der Waals surface area contributed by atoms with Crippen molar-refractivity contribution >= 4 is 5.91 Å². The second kappa shape index (κ2) is 5.97. The molecule has 2 atom stereocenters. The summed E-state index contributed by atoms with van der Waals surface area (Å²) in [6.07, 6.45) is 0.469. The number of hydrogen-bond donors (Lipinski definition) is 2. The highest BCUT2D eigenvalue weighted by molar-refractivity contribution is 5.78. The van der Waals surface area contributed by atoms with Crippen molar-refractivity contribution in [2.24, 2.45) is 0 Å². The summed E-state index contributed by atoms with van der Waals surface area (Å²) in [7, 11) is 0. The van der Waals surface area contributed by atoms with Gasteiger partial charge in [-0.15, -0.1) is 0 Å². The fourth-order valence-corrected chi connectivity index (χ4v) is 2.11. The quantitative estimate of drug-likeness (QED) is 0.858. The minimum atomic E-state index is -2.81. The molecular weight excluding hydrogens is 254 g/mol. The van der Waals surface area contributed by atoms with E-state index in [-0.39, 0.29) is 23.7 Å². The first-order chi connectivity index (χ1) is 9.04. The Labute approximate surface area is 110 Å². The molecule has 2 rings (SSSR count). The highest BCUT2D eigenvalue weighted by Gasteiger charge is 2.22. The highest BCUT2D eigenvalue weighted by Crippen LogP contribution is 2.20. The van der Waals surface area contributed by atoms with Gasteiger partial charge in [-0.05, 0) is 24.6 Å². The van der Waals surface area contributed by atoms with Crippen molar-refractivity contribution in [1.82, 2.24) is 10.6 Å². The van der Waals surface area contributed by atoms with Crippen molar-refractivity contribution in [2.45, 2.75) is 32.0 Å². The number of halogens is 2. The lowest BCUT2D eigenvalue weighted by molar-refractivity contribution is -0.119. The summed E-state index contributed by atoms with van der Waals surface area (Å²) in [6.45, 7) is -0.224. The third kappa shape index (κ3) is 3.89. The lowest BCUT2D eigenvalue weighted by Crippen LogP contribution is -2.33. The van der Waals surface area contributed by atoms with E-state index in [2.05, 4.69) is 15.4 Å². The molecule has 0 saturated carbocycles. The Morgan fingerprint density at radius 2 is 2.05 bits per heavy atom. The van der Waals surface area contributed by atoms with E-state index in [4.69, 9.17) is 0 Å². The third-order valence-corrected chi connectivity index (χ3v) is 3.07. The van der Waals surface area contributed by atoms with Gasteiger partial charge in [0, 0.05) is 25.0 Å². The van der Waals surface area contributed by atoms with E-state index in [0.29, 0.717) is 13.0 Å². The molecule has 2 unspecified atom stereocenters. The van der Waals surface area contributed by atoms with Crippen LogP contribution in [-0.4, -0.2) is 25.1 Å². The van der Waals surface area contributed by atoms with Crippen LogP contribution in [-0.2, 0) is 4.79 Å². The zero-order valence-electron chi connectivity index (χ0n) is 10.5. The number of amides is 1. The molecule has 1 aromatic carbocycles. The van der Waals surface area contributed by atoms with E-state index in [0.717, 1.165) is 5.56 Å². The van der Waals surface area contributed by atoms with Crippen molar-refractivity contribution in [3.8, 4) is 5.75 Å². The van der Waals surface area contributed by atoms with Crippen LogP contribution >= 0.6 is 0 Å². The van der Waals surface area contributed by atoms with Gasteiger partial charge in [0.15, 0.2) is 0 Å². The fourth-order valence-electron chi connectivity index (χ4n) is 2.11. The van der Waals surface area contributed by atoms with Gasteiger partial charge in [0.25, 0.3) is 0 Å². The molecule has 1 aliphatic rings. The summed E-state index contributed by atoms with van der Waals surface area (Å²) in [5.74, 6) is 0.189. The van der Waals surface area contributed by atoms with Crippen LogP contribution in [0.25, 0.3) is 0 Å². The van der Waals surface area contributed by atoms with E-state index < -0.39 is 6.61 Å². The van der Waals surface area contributed by atoms with Gasteiger partial charge in [0.1, 0.15) is 5.75 Å². The molecule has 0 spiro atoms. The number of nitrogens with one attached hydrogen (secondary N) is 2. The SMILES string of the molecule is CC(NC1CNC(=O)C1)c1ccc(OC(F)F)cc1. The number of ether oxygens (including phenoxy) is 1. The van der Waals surface area contributed by atoms with Crippen molar-refractivity contribution in [3.63, 3.8) is 0 Å². The fraction of sp³-hybridized carbons (Fsp3) is 0.462. The van der Waals surface area contributed by atoms with Crippen LogP contribution in [0.1, 0.15) is 24.9 Å². The third-order valence-electron chi connectivity index (χ3n) is 3.07. The number of alkyl halides is 2. The van der Waals surface area contributed by atoms with Gasteiger partial charge in [-0.25, -0.2) is 0 Å². The molecule has 1 heterocycles. The standard InChI is InChI=1S/C13H16F2N2O2/c1-8(17-10-6-12(18)16-7-10)9-2-4-11(5-3-9)19-13(14)15/h2-5,8,10,13,17H,6-7H2,1H3,(H,16,18). The van der Waals surface area contributed by atoms with Crippen LogP contribution in [0.2, 0.25) is 0 Å². The molecule has 0 radical (unpaired) electrons. The summed E-state index contributed by atoms with van der Waals surface area (Å²) < 4.78 is 28.3. The van der Waals surface area contributed by atoms with Gasteiger partial charge in [0.2, 0.25) is 5.91 Å². The smallest absolute Gasteiger partial charge is 0.387 e. The second-order valence-corrected chi connectivity index (χ2v) is 4.54. The molecule has 6 heteroatoms. The Morgan fingerprint density at radius 3 is 2.58 bits per heavy atom. The Hall–Kier alpha value is -1.69. The van der Waals surface area contributed by atoms with E-state index in [9.17, 15) is 13.6 Å². The molecule has 19 heavy (non-hydrogen) atoms. The average molecular weight is 270 g/mol. The first kappa shape index (κ1) is 13.7. The molecule has 104 valence electrons. The van der Waals surface area contributed by atoms with Gasteiger partial charge in [0.05, 0.1) is 0 Å². The van der Waals surface area contributed by atoms with Crippen LogP contribution in [0, 0.1) is 0 Å². The Balaban J connectivity index is 1.91. The van der Waals surface area contributed by atoms with E-state index in [1.54, 1.807) is 12.1 Å². The molecule has 1 amide bonds. The number of rotatable bonds is 5. The highest BCUT2D eigenvalue weighted by atomic mass is 19.3. The molecule has 0 bridgehead atoms. The van der Waals surface area contributed by atoms with Crippen molar-refractivity contribution < 1.29 is 18.3 Å². The lowest BCUT2D eigenvalue weighted by atomic mass is 10.1. The van der Waals surface area contributed by atoms with Crippen LogP contribution in [0.3, 0.4) is 0 Å². The molecular formula is C13H16F2N2O2. The van der Waals surface area contributed by atoms with Crippen molar-refractivity contribution in [2.75, 3.05) is 6.54 Å². The lowest BCUT2D eigenvalue weighted by Gasteiger charge is -2.18. The molecule has 0 aliphatic carbocycles. The molecule has 1 saturated heterocycles. The molecule has 1 aliphatic heterocycles. The monoisotopic (exact) mass is 270 g/mol. The van der Waals surface area contributed by atoms with E-state index in [1.807, 2.05) is 6.92 Å². The first-order valence-corrected chi connectivity index (χ1v) is 6.12. The minimum absolute atomic E-state index is 0.0401. The maximum atomic E-state index is 12.0. The minimum Gasteiger partial charge on any atom is -0.435 e. The summed E-state index contributed by atoms with van der Waals surface area (Å²) in [4.78, 5) is 11.1. The molecule has 1 aromatic rings. The number of carbonyl (C=O) groups excluding carboxylic acids is 1. The predicted octanol–water partition coefficient (Wildman–Crippen LogP) is 1.83. The molecule has 2 N–H and O–H groups in total. The van der Waals surface area contributed by atoms with Crippen LogP contribution in [0.15, 0.2) is 24.3 Å². The molecule has 0 aromatic heterocycles. The Kier molecular flexibility index (Phi) is 4.31. The van der Waals surface area contributed by atoms with Gasteiger partial charge in [-0.3, -0.25) is 4.79 Å². The van der Waals surface area contributed by atoms with Crippen LogP contribution in [0.5, 0.6) is 5.75 Å². The largest absolute Gasteiger partial charge is 0.435 e. The average Bonchev–Trinajstić information content (AvgIpc) is 2.75. The molecule has 1 fully saturated rings. The number of benzene rings is 1. The summed E-state index contributed by atoms with van der Waals surface area (Å²) in [5.41, 5.74) is 0.959. The zero-order valence-corrected chi connectivity index (χ0v) is 10.5. The predicted molar refractivity (Wildman–Crippen MR) is 66.0 cm³/mol. The van der Waals surface area contributed by atoms with Gasteiger partial charge in [-0.2, -0.15) is 8.78 Å².